The molecular weight excluding hydrogens is 249 g/mol. The van der Waals surface area contributed by atoms with Crippen molar-refractivity contribution < 1.29 is 19.1 Å². The maximum Gasteiger partial charge on any atom is 0.326 e. The standard InChI is InChI=1S/C14H18FNO3/c1-8(2)6-12(14(18)19)16-13(17)11-5-4-10(15)7-9(11)3/h4-5,7-8,12H,6H2,1-3H3,(H,16,17)(H,18,19)/t12-/m0/s1. The number of carboxylic acids is 1. The summed E-state index contributed by atoms with van der Waals surface area (Å²) in [5.41, 5.74) is 0.766. The van der Waals surface area contributed by atoms with Crippen molar-refractivity contribution in [2.75, 3.05) is 0 Å². The van der Waals surface area contributed by atoms with Gasteiger partial charge in [0.2, 0.25) is 0 Å². The fourth-order valence-corrected chi connectivity index (χ4v) is 1.81. The van der Waals surface area contributed by atoms with Crippen LogP contribution in [0.5, 0.6) is 0 Å². The molecule has 104 valence electrons. The van der Waals surface area contributed by atoms with E-state index in [0.717, 1.165) is 0 Å². The van der Waals surface area contributed by atoms with Gasteiger partial charge < -0.3 is 10.4 Å². The highest BCUT2D eigenvalue weighted by molar-refractivity contribution is 5.97. The predicted molar refractivity (Wildman–Crippen MR) is 69.5 cm³/mol. The van der Waals surface area contributed by atoms with Gasteiger partial charge in [-0.1, -0.05) is 13.8 Å². The van der Waals surface area contributed by atoms with Crippen molar-refractivity contribution in [1.29, 1.82) is 0 Å². The first-order valence-corrected chi connectivity index (χ1v) is 6.11. The van der Waals surface area contributed by atoms with Crippen LogP contribution in [0.15, 0.2) is 18.2 Å². The fraction of sp³-hybridized carbons (Fsp3) is 0.429. The first-order valence-electron chi connectivity index (χ1n) is 6.11. The average molecular weight is 267 g/mol. The third kappa shape index (κ3) is 4.35. The monoisotopic (exact) mass is 267 g/mol. The van der Waals surface area contributed by atoms with Crippen LogP contribution in [0.4, 0.5) is 4.39 Å². The lowest BCUT2D eigenvalue weighted by molar-refractivity contribution is -0.139. The van der Waals surface area contributed by atoms with Gasteiger partial charge in [0, 0.05) is 5.56 Å². The van der Waals surface area contributed by atoms with E-state index >= 15 is 0 Å². The molecule has 4 nitrogen and oxygen atoms in total. The Bertz CT molecular complexity index is 486. The summed E-state index contributed by atoms with van der Waals surface area (Å²) >= 11 is 0. The maximum absolute atomic E-state index is 12.9. The number of aliphatic carboxylic acids is 1. The van der Waals surface area contributed by atoms with Crippen LogP contribution in [0.25, 0.3) is 0 Å². The second kappa shape index (κ2) is 6.31. The van der Waals surface area contributed by atoms with E-state index in [2.05, 4.69) is 5.32 Å². The SMILES string of the molecule is Cc1cc(F)ccc1C(=O)N[C@@H](CC(C)C)C(=O)O. The Morgan fingerprint density at radius 2 is 2.00 bits per heavy atom. The third-order valence-electron chi connectivity index (χ3n) is 2.74. The molecule has 0 aliphatic heterocycles. The Kier molecular flexibility index (Phi) is 5.03. The number of amides is 1. The summed E-state index contributed by atoms with van der Waals surface area (Å²) in [7, 11) is 0. The lowest BCUT2D eigenvalue weighted by Crippen LogP contribution is -2.41. The number of benzene rings is 1. The molecule has 0 spiro atoms. The number of rotatable bonds is 5. The van der Waals surface area contributed by atoms with Gasteiger partial charge in [-0.05, 0) is 43.0 Å². The van der Waals surface area contributed by atoms with E-state index in [1.165, 1.54) is 18.2 Å². The van der Waals surface area contributed by atoms with Gasteiger partial charge in [0.15, 0.2) is 0 Å². The van der Waals surface area contributed by atoms with Gasteiger partial charge in [0.05, 0.1) is 0 Å². The Hall–Kier alpha value is -1.91. The second-order valence-electron chi connectivity index (χ2n) is 4.95. The average Bonchev–Trinajstić information content (AvgIpc) is 2.26. The molecular formula is C14H18FNO3. The minimum atomic E-state index is -1.07. The number of hydrogen-bond acceptors (Lipinski definition) is 2. The van der Waals surface area contributed by atoms with E-state index in [1.54, 1.807) is 6.92 Å². The van der Waals surface area contributed by atoms with Gasteiger partial charge in [-0.3, -0.25) is 4.79 Å². The van der Waals surface area contributed by atoms with Crippen LogP contribution in [0.2, 0.25) is 0 Å². The van der Waals surface area contributed by atoms with Crippen LogP contribution in [0.3, 0.4) is 0 Å². The Balaban J connectivity index is 2.84. The van der Waals surface area contributed by atoms with Gasteiger partial charge in [-0.2, -0.15) is 0 Å². The molecule has 0 saturated carbocycles. The number of carboxylic acid groups (broad SMARTS) is 1. The molecule has 0 saturated heterocycles. The molecule has 1 atom stereocenters. The van der Waals surface area contributed by atoms with Gasteiger partial charge in [0.1, 0.15) is 11.9 Å². The van der Waals surface area contributed by atoms with Crippen molar-refractivity contribution in [2.24, 2.45) is 5.92 Å². The Morgan fingerprint density at radius 1 is 1.37 bits per heavy atom. The van der Waals surface area contributed by atoms with Crippen LogP contribution < -0.4 is 5.32 Å². The Labute approximate surface area is 111 Å². The minimum absolute atomic E-state index is 0.149. The van der Waals surface area contributed by atoms with E-state index in [1.807, 2.05) is 13.8 Å². The number of aryl methyl sites for hydroxylation is 1. The highest BCUT2D eigenvalue weighted by Gasteiger charge is 2.22. The van der Waals surface area contributed by atoms with Crippen LogP contribution in [-0.4, -0.2) is 23.0 Å². The molecule has 1 amide bonds. The molecule has 0 heterocycles. The van der Waals surface area contributed by atoms with Crippen LogP contribution >= 0.6 is 0 Å². The summed E-state index contributed by atoms with van der Waals surface area (Å²) in [5.74, 6) is -1.84. The smallest absolute Gasteiger partial charge is 0.326 e. The zero-order chi connectivity index (χ0) is 14.6. The zero-order valence-corrected chi connectivity index (χ0v) is 11.2. The van der Waals surface area contributed by atoms with Crippen LogP contribution in [-0.2, 0) is 4.79 Å². The molecule has 1 aromatic rings. The summed E-state index contributed by atoms with van der Waals surface area (Å²) in [5, 5.41) is 11.5. The summed E-state index contributed by atoms with van der Waals surface area (Å²) in [6, 6.07) is 2.85. The number of carbonyl (C=O) groups excluding carboxylic acids is 1. The first-order chi connectivity index (χ1) is 8.81. The van der Waals surface area contributed by atoms with Crippen molar-refractivity contribution in [3.8, 4) is 0 Å². The van der Waals surface area contributed by atoms with E-state index in [4.69, 9.17) is 5.11 Å². The van der Waals surface area contributed by atoms with Crippen molar-refractivity contribution in [3.05, 3.63) is 35.1 Å². The molecule has 0 bridgehead atoms. The summed E-state index contributed by atoms with van der Waals surface area (Å²) in [6.07, 6.45) is 0.349. The quantitative estimate of drug-likeness (QED) is 0.860. The minimum Gasteiger partial charge on any atom is -0.480 e. The molecule has 5 heteroatoms. The summed E-state index contributed by atoms with van der Waals surface area (Å²) in [4.78, 5) is 23.0. The molecule has 0 aliphatic carbocycles. The van der Waals surface area contributed by atoms with Gasteiger partial charge in [-0.15, -0.1) is 0 Å². The molecule has 1 rings (SSSR count). The Morgan fingerprint density at radius 3 is 2.47 bits per heavy atom. The number of hydrogen-bond donors (Lipinski definition) is 2. The molecule has 0 unspecified atom stereocenters. The maximum atomic E-state index is 12.9. The van der Waals surface area contributed by atoms with Crippen molar-refractivity contribution >= 4 is 11.9 Å². The molecule has 1 aromatic carbocycles. The lowest BCUT2D eigenvalue weighted by Gasteiger charge is -2.17. The largest absolute Gasteiger partial charge is 0.480 e. The van der Waals surface area contributed by atoms with Crippen molar-refractivity contribution in [2.45, 2.75) is 33.2 Å². The summed E-state index contributed by atoms with van der Waals surface area (Å²) < 4.78 is 12.9. The predicted octanol–water partition coefficient (Wildman–Crippen LogP) is 2.36. The summed E-state index contributed by atoms with van der Waals surface area (Å²) in [6.45, 7) is 5.37. The molecule has 0 radical (unpaired) electrons. The van der Waals surface area contributed by atoms with Crippen molar-refractivity contribution in [1.82, 2.24) is 5.32 Å². The highest BCUT2D eigenvalue weighted by atomic mass is 19.1. The second-order valence-corrected chi connectivity index (χ2v) is 4.95. The van der Waals surface area contributed by atoms with Gasteiger partial charge >= 0.3 is 5.97 Å². The van der Waals surface area contributed by atoms with E-state index in [0.29, 0.717) is 12.0 Å². The third-order valence-corrected chi connectivity index (χ3v) is 2.74. The molecule has 0 fully saturated rings. The number of nitrogens with one attached hydrogen (secondary N) is 1. The van der Waals surface area contributed by atoms with Crippen molar-refractivity contribution in [3.63, 3.8) is 0 Å². The molecule has 2 N–H and O–H groups in total. The van der Waals surface area contributed by atoms with E-state index < -0.39 is 23.7 Å². The topological polar surface area (TPSA) is 66.4 Å². The normalized spacial score (nSPS) is 12.3. The van der Waals surface area contributed by atoms with E-state index in [-0.39, 0.29) is 11.5 Å². The van der Waals surface area contributed by atoms with E-state index in [9.17, 15) is 14.0 Å². The fourth-order valence-electron chi connectivity index (χ4n) is 1.81. The van der Waals surface area contributed by atoms with Gasteiger partial charge in [-0.25, -0.2) is 9.18 Å². The lowest BCUT2D eigenvalue weighted by atomic mass is 10.0. The molecule has 0 aromatic heterocycles. The number of halogens is 1. The zero-order valence-electron chi connectivity index (χ0n) is 11.2. The molecule has 19 heavy (non-hydrogen) atoms. The number of carbonyl (C=O) groups is 2. The molecule has 0 aliphatic rings. The van der Waals surface area contributed by atoms with Crippen LogP contribution in [0, 0.1) is 18.7 Å². The first kappa shape index (κ1) is 15.1. The van der Waals surface area contributed by atoms with Crippen LogP contribution in [0.1, 0.15) is 36.2 Å². The van der Waals surface area contributed by atoms with Gasteiger partial charge in [0.25, 0.3) is 5.91 Å². The highest BCUT2D eigenvalue weighted by Crippen LogP contribution is 2.11.